The van der Waals surface area contributed by atoms with Crippen LogP contribution < -0.4 is 0 Å². The second-order valence-corrected chi connectivity index (χ2v) is 16.5. The first kappa shape index (κ1) is 44.1. The van der Waals surface area contributed by atoms with E-state index in [0.717, 1.165) is 0 Å². The van der Waals surface area contributed by atoms with E-state index < -0.39 is 108 Å². The first-order valence-electron chi connectivity index (χ1n) is 18.5. The zero-order valence-electron chi connectivity index (χ0n) is 32.9. The number of aliphatic hydroxyl groups excluding tert-OH is 3. The number of ketones is 1. The lowest BCUT2D eigenvalue weighted by molar-refractivity contribution is -0.318. The van der Waals surface area contributed by atoms with E-state index in [2.05, 4.69) is 0 Å². The molecule has 51 heavy (non-hydrogen) atoms. The predicted molar refractivity (Wildman–Crippen MR) is 186 cm³/mol. The van der Waals surface area contributed by atoms with Crippen LogP contribution in [0.5, 0.6) is 0 Å². The maximum absolute atomic E-state index is 14.1. The van der Waals surface area contributed by atoms with Gasteiger partial charge in [0.1, 0.15) is 29.7 Å². The van der Waals surface area contributed by atoms with Crippen molar-refractivity contribution in [2.75, 3.05) is 21.2 Å². The van der Waals surface area contributed by atoms with Crippen LogP contribution >= 0.6 is 0 Å². The van der Waals surface area contributed by atoms with Gasteiger partial charge in [0.05, 0.1) is 47.6 Å². The van der Waals surface area contributed by atoms with Gasteiger partial charge >= 0.3 is 5.97 Å². The average molecular weight is 734 g/mol. The van der Waals surface area contributed by atoms with Crippen molar-refractivity contribution in [3.63, 3.8) is 0 Å². The van der Waals surface area contributed by atoms with Crippen LogP contribution in [-0.4, -0.2) is 148 Å². The summed E-state index contributed by atoms with van der Waals surface area (Å²) in [6.45, 7) is 16.3. The SMILES string of the molecule is CC[C@H]1OC(=O)[C@H](C)[C@@H](O[C@@H]2C[C@@](C)(OC)[C@H](O)[C@H](C)O2)[C@H](C)[C@@H](O[C@@H]2O[C@H](C)C[C@H](N(C)C)[C@H]2O)[C@](C)(O)C[C@@H](C)C(=O)[C@H](C)[C@@H](O)[C@]1(C)O. The number of nitrogens with zero attached hydrogens (tertiary/aromatic N) is 1. The molecule has 298 valence electrons. The zero-order valence-corrected chi connectivity index (χ0v) is 32.9. The highest BCUT2D eigenvalue weighted by Gasteiger charge is 2.53. The Labute approximate surface area is 304 Å². The second-order valence-electron chi connectivity index (χ2n) is 16.5. The van der Waals surface area contributed by atoms with E-state index >= 15 is 0 Å². The van der Waals surface area contributed by atoms with E-state index in [0.29, 0.717) is 6.42 Å². The molecule has 0 saturated carbocycles. The van der Waals surface area contributed by atoms with Crippen LogP contribution in [0.4, 0.5) is 0 Å². The van der Waals surface area contributed by atoms with E-state index in [9.17, 15) is 35.1 Å². The van der Waals surface area contributed by atoms with Crippen LogP contribution in [0.25, 0.3) is 0 Å². The van der Waals surface area contributed by atoms with Crippen molar-refractivity contribution in [2.24, 2.45) is 23.7 Å². The third kappa shape index (κ3) is 9.51. The summed E-state index contributed by atoms with van der Waals surface area (Å²) in [7, 11) is 5.18. The summed E-state index contributed by atoms with van der Waals surface area (Å²) in [4.78, 5) is 29.8. The highest BCUT2D eigenvalue weighted by atomic mass is 16.7. The Kier molecular flexibility index (Phi) is 14.7. The van der Waals surface area contributed by atoms with Gasteiger partial charge in [-0.3, -0.25) is 9.59 Å². The molecule has 3 saturated heterocycles. The molecule has 0 aromatic rings. The van der Waals surface area contributed by atoms with Gasteiger partial charge in [-0.2, -0.15) is 0 Å². The van der Waals surface area contributed by atoms with Crippen LogP contribution in [0.3, 0.4) is 0 Å². The number of methoxy groups -OCH3 is 1. The summed E-state index contributed by atoms with van der Waals surface area (Å²) in [6.07, 6.45) is -9.71. The highest BCUT2D eigenvalue weighted by molar-refractivity contribution is 5.83. The quantitative estimate of drug-likeness (QED) is 0.238. The molecule has 14 nitrogen and oxygen atoms in total. The summed E-state index contributed by atoms with van der Waals surface area (Å²) in [5.41, 5.74) is -4.84. The molecule has 0 aliphatic carbocycles. The van der Waals surface area contributed by atoms with Crippen LogP contribution in [0.15, 0.2) is 0 Å². The number of rotatable bonds is 7. The van der Waals surface area contributed by atoms with Gasteiger partial charge in [-0.25, -0.2) is 0 Å². The number of ether oxygens (including phenoxy) is 6. The van der Waals surface area contributed by atoms with Crippen LogP contribution in [-0.2, 0) is 38.0 Å². The molecule has 14 heteroatoms. The molecule has 0 unspecified atom stereocenters. The van der Waals surface area contributed by atoms with Crippen molar-refractivity contribution in [2.45, 2.75) is 179 Å². The Bertz CT molecular complexity index is 1170. The molecule has 3 heterocycles. The first-order valence-corrected chi connectivity index (χ1v) is 18.5. The van der Waals surface area contributed by atoms with Gasteiger partial charge in [0.15, 0.2) is 12.6 Å². The molecular formula is C37H67NO13. The number of hydrogen-bond acceptors (Lipinski definition) is 14. The monoisotopic (exact) mass is 733 g/mol. The van der Waals surface area contributed by atoms with Gasteiger partial charge in [0, 0.05) is 37.3 Å². The second kappa shape index (κ2) is 17.0. The number of carbonyl (C=O) groups is 2. The molecular weight excluding hydrogens is 666 g/mol. The molecule has 0 aromatic heterocycles. The smallest absolute Gasteiger partial charge is 0.311 e. The fourth-order valence-electron chi connectivity index (χ4n) is 8.41. The minimum absolute atomic E-state index is 0.0936. The van der Waals surface area contributed by atoms with Gasteiger partial charge in [-0.1, -0.05) is 27.7 Å². The molecule has 3 aliphatic rings. The van der Waals surface area contributed by atoms with E-state index in [1.165, 1.54) is 27.9 Å². The molecule has 3 fully saturated rings. The minimum Gasteiger partial charge on any atom is -0.459 e. The number of Topliss-reactive ketones (excluding diaryl/α,β-unsaturated/α-hetero) is 1. The first-order chi connectivity index (χ1) is 23.4. The molecule has 0 bridgehead atoms. The zero-order chi connectivity index (χ0) is 39.0. The number of esters is 1. The fraction of sp³-hybridized carbons (Fsp3) is 0.946. The number of likely N-dealkylation sites (N-methyl/N-ethyl adjacent to an activating group) is 1. The Balaban J connectivity index is 2.18. The standard InChI is InChI=1S/C37H67NO13/c1-14-25-37(10,45)30(41)20(4)27(39)18(2)16-35(8,44)32(51-34-28(40)24(38(11)12)15-19(3)47-34)21(5)29(22(6)33(43)49-25)50-26-17-36(9,46-13)31(42)23(7)48-26/h18-26,28-32,34,40-42,44-45H,14-17H2,1-13H3/t18-,19-,20+,21+,22-,23+,24+,25-,26-,28-,29+,30-,31-,32-,34+,35-,36-,37-/m1/s1. The highest BCUT2D eigenvalue weighted by Crippen LogP contribution is 2.40. The lowest BCUT2D eigenvalue weighted by Crippen LogP contribution is -2.61. The van der Waals surface area contributed by atoms with E-state index in [1.807, 2.05) is 25.9 Å². The topological polar surface area (TPSA) is 194 Å². The van der Waals surface area contributed by atoms with Gasteiger partial charge in [0.2, 0.25) is 0 Å². The predicted octanol–water partition coefficient (Wildman–Crippen LogP) is 1.79. The van der Waals surface area contributed by atoms with Gasteiger partial charge in [0.25, 0.3) is 0 Å². The molecule has 5 N–H and O–H groups in total. The van der Waals surface area contributed by atoms with Crippen LogP contribution in [0, 0.1) is 23.7 Å². The van der Waals surface area contributed by atoms with Gasteiger partial charge in [-0.15, -0.1) is 0 Å². The van der Waals surface area contributed by atoms with Crippen LogP contribution in [0.2, 0.25) is 0 Å². The van der Waals surface area contributed by atoms with Gasteiger partial charge in [-0.05, 0) is 74.9 Å². The number of aliphatic hydroxyl groups is 5. The van der Waals surface area contributed by atoms with Crippen molar-refractivity contribution in [1.29, 1.82) is 0 Å². The van der Waals surface area contributed by atoms with Crippen molar-refractivity contribution in [3.8, 4) is 0 Å². The third-order valence-electron chi connectivity index (χ3n) is 11.8. The van der Waals surface area contributed by atoms with E-state index in [4.69, 9.17) is 28.4 Å². The Morgan fingerprint density at radius 2 is 1.49 bits per heavy atom. The molecule has 3 aliphatic heterocycles. The Hall–Kier alpha value is -1.30. The molecule has 0 aromatic carbocycles. The Morgan fingerprint density at radius 1 is 0.882 bits per heavy atom. The largest absolute Gasteiger partial charge is 0.459 e. The van der Waals surface area contributed by atoms with Crippen molar-refractivity contribution in [3.05, 3.63) is 0 Å². The minimum atomic E-state index is -1.99. The maximum Gasteiger partial charge on any atom is 0.311 e. The Morgan fingerprint density at radius 3 is 2.04 bits per heavy atom. The molecule has 18 atom stereocenters. The van der Waals surface area contributed by atoms with Crippen molar-refractivity contribution >= 4 is 11.8 Å². The molecule has 0 radical (unpaired) electrons. The van der Waals surface area contributed by atoms with Crippen LogP contribution in [0.1, 0.15) is 94.9 Å². The lowest BCUT2D eigenvalue weighted by atomic mass is 9.74. The summed E-state index contributed by atoms with van der Waals surface area (Å²) in [5.74, 6) is -4.98. The van der Waals surface area contributed by atoms with E-state index in [-0.39, 0.29) is 31.4 Å². The summed E-state index contributed by atoms with van der Waals surface area (Å²) < 4.78 is 37.1. The normalized spacial score (nSPS) is 49.7. The maximum atomic E-state index is 14.1. The third-order valence-corrected chi connectivity index (χ3v) is 11.8. The summed E-state index contributed by atoms with van der Waals surface area (Å²) in [6, 6.07) is -0.324. The molecule has 0 spiro atoms. The lowest BCUT2D eigenvalue weighted by Gasteiger charge is -2.49. The molecule has 0 amide bonds. The molecule has 3 rings (SSSR count). The number of carbonyl (C=O) groups excluding carboxylic acids is 2. The average Bonchev–Trinajstić information content (AvgIpc) is 3.05. The van der Waals surface area contributed by atoms with Crippen molar-refractivity contribution < 1.29 is 63.5 Å². The van der Waals surface area contributed by atoms with Crippen molar-refractivity contribution in [1.82, 2.24) is 4.90 Å². The van der Waals surface area contributed by atoms with Gasteiger partial charge < -0.3 is 58.9 Å². The summed E-state index contributed by atoms with van der Waals surface area (Å²) >= 11 is 0. The number of cyclic esters (lactones) is 1. The number of hydrogen-bond donors (Lipinski definition) is 5. The van der Waals surface area contributed by atoms with E-state index in [1.54, 1.807) is 41.5 Å². The fourth-order valence-corrected chi connectivity index (χ4v) is 8.41. The summed E-state index contributed by atoms with van der Waals surface area (Å²) in [5, 5.41) is 57.6.